The van der Waals surface area contributed by atoms with E-state index >= 15 is 0 Å². The van der Waals surface area contributed by atoms with Gasteiger partial charge in [0.1, 0.15) is 16.5 Å². The molecule has 0 unspecified atom stereocenters. The van der Waals surface area contributed by atoms with E-state index in [1.54, 1.807) is 23.9 Å². The summed E-state index contributed by atoms with van der Waals surface area (Å²) in [4.78, 5) is 16.6. The van der Waals surface area contributed by atoms with Crippen molar-refractivity contribution in [1.82, 2.24) is 14.8 Å². The molecule has 9 heteroatoms. The quantitative estimate of drug-likeness (QED) is 0.672. The molecule has 3 rings (SSSR count). The molecular weight excluding hydrogens is 377 g/mol. The Bertz CT molecular complexity index is 937. The molecule has 2 aromatic heterocycles. The number of primary amides is 1. The maximum atomic E-state index is 13.2. The zero-order valence-corrected chi connectivity index (χ0v) is 15.5. The fourth-order valence-corrected chi connectivity index (χ4v) is 4.31. The first-order valence-corrected chi connectivity index (χ1v) is 9.02. The highest BCUT2D eigenvalue weighted by molar-refractivity contribution is 7.18. The van der Waals surface area contributed by atoms with Gasteiger partial charge in [-0.25, -0.2) is 14.1 Å². The van der Waals surface area contributed by atoms with Crippen molar-refractivity contribution in [2.24, 2.45) is 18.5 Å². The Morgan fingerprint density at radius 1 is 1.38 bits per heavy atom. The highest BCUT2D eigenvalue weighted by Gasteiger charge is 2.29. The molecule has 4 N–H and O–H groups in total. The summed E-state index contributed by atoms with van der Waals surface area (Å²) >= 11 is 7.53. The van der Waals surface area contributed by atoms with Crippen LogP contribution >= 0.6 is 22.9 Å². The fourth-order valence-electron chi connectivity index (χ4n) is 2.93. The van der Waals surface area contributed by atoms with Gasteiger partial charge < -0.3 is 11.5 Å². The zero-order chi connectivity index (χ0) is 18.8. The Morgan fingerprint density at radius 2 is 2.08 bits per heavy atom. The molecule has 0 aliphatic rings. The van der Waals surface area contributed by atoms with Crippen molar-refractivity contribution in [2.75, 3.05) is 6.54 Å². The molecule has 2 heterocycles. The summed E-state index contributed by atoms with van der Waals surface area (Å²) in [5.74, 6) is -0.586. The van der Waals surface area contributed by atoms with Crippen LogP contribution < -0.4 is 11.5 Å². The maximum Gasteiger partial charge on any atom is 0.259 e. The molecule has 1 amide bonds. The van der Waals surface area contributed by atoms with Crippen LogP contribution in [0.5, 0.6) is 0 Å². The number of nitrogens with zero attached hydrogens (tertiary/aromatic N) is 3. The number of hydrogen-bond donors (Lipinski definition) is 2. The van der Waals surface area contributed by atoms with Crippen molar-refractivity contribution in [2.45, 2.75) is 12.3 Å². The van der Waals surface area contributed by atoms with Crippen LogP contribution in [0.1, 0.15) is 26.7 Å². The summed E-state index contributed by atoms with van der Waals surface area (Å²) in [6, 6.07) is 6.17. The zero-order valence-electron chi connectivity index (χ0n) is 13.9. The normalized spacial score (nSPS) is 12.3. The van der Waals surface area contributed by atoms with E-state index in [-0.39, 0.29) is 18.3 Å². The number of thiophene rings is 1. The predicted octanol–water partition coefficient (Wildman–Crippen LogP) is 2.72. The topological polar surface area (TPSA) is 99.8 Å². The molecule has 0 saturated carbocycles. The Balaban J connectivity index is 2.12. The van der Waals surface area contributed by atoms with E-state index in [1.807, 2.05) is 0 Å². The number of aromatic nitrogens is 3. The van der Waals surface area contributed by atoms with E-state index in [1.165, 1.54) is 18.5 Å². The van der Waals surface area contributed by atoms with Crippen LogP contribution in [-0.2, 0) is 13.5 Å². The van der Waals surface area contributed by atoms with E-state index in [0.29, 0.717) is 32.6 Å². The summed E-state index contributed by atoms with van der Waals surface area (Å²) in [5.41, 5.74) is 13.8. The van der Waals surface area contributed by atoms with Crippen LogP contribution in [0.4, 0.5) is 4.39 Å². The van der Waals surface area contributed by atoms with Gasteiger partial charge in [0.2, 0.25) is 0 Å². The predicted molar refractivity (Wildman–Crippen MR) is 99.7 cm³/mol. The van der Waals surface area contributed by atoms with Crippen molar-refractivity contribution in [3.63, 3.8) is 0 Å². The van der Waals surface area contributed by atoms with Crippen molar-refractivity contribution < 1.29 is 9.18 Å². The number of amides is 1. The van der Waals surface area contributed by atoms with Gasteiger partial charge in [-0.3, -0.25) is 4.79 Å². The van der Waals surface area contributed by atoms with E-state index in [0.717, 1.165) is 16.9 Å². The van der Waals surface area contributed by atoms with Gasteiger partial charge in [-0.2, -0.15) is 5.10 Å². The average molecular weight is 394 g/mol. The number of nitrogens with two attached hydrogens (primary N) is 2. The molecule has 0 spiro atoms. The fraction of sp³-hybridized carbons (Fsp3) is 0.235. The summed E-state index contributed by atoms with van der Waals surface area (Å²) in [7, 11) is 1.74. The van der Waals surface area contributed by atoms with Crippen LogP contribution in [0, 0.1) is 5.82 Å². The van der Waals surface area contributed by atoms with Crippen molar-refractivity contribution in [3.05, 3.63) is 56.8 Å². The van der Waals surface area contributed by atoms with E-state index in [4.69, 9.17) is 23.1 Å². The SMILES string of the molecule is Cn1ncnc1-c1c(Cl)sc(C(N)=O)c1[C@@H](CN)Cc1ccc(F)cc1. The summed E-state index contributed by atoms with van der Waals surface area (Å²) in [5, 5.41) is 4.07. The minimum Gasteiger partial charge on any atom is -0.365 e. The van der Waals surface area contributed by atoms with Gasteiger partial charge in [-0.15, -0.1) is 11.3 Å². The number of carbonyl (C=O) groups is 1. The third-order valence-electron chi connectivity index (χ3n) is 4.15. The average Bonchev–Trinajstić information content (AvgIpc) is 3.17. The minimum absolute atomic E-state index is 0.238. The number of carbonyl (C=O) groups excluding carboxylic acids is 1. The lowest BCUT2D eigenvalue weighted by Crippen LogP contribution is -2.20. The smallest absolute Gasteiger partial charge is 0.259 e. The number of halogens is 2. The number of hydrogen-bond acceptors (Lipinski definition) is 5. The molecule has 136 valence electrons. The first-order valence-electron chi connectivity index (χ1n) is 7.83. The van der Waals surface area contributed by atoms with Crippen molar-refractivity contribution in [1.29, 1.82) is 0 Å². The molecular formula is C17H17ClFN5OS. The van der Waals surface area contributed by atoms with Gasteiger partial charge in [0.25, 0.3) is 5.91 Å². The number of aryl methyl sites for hydroxylation is 1. The highest BCUT2D eigenvalue weighted by Crippen LogP contribution is 2.43. The monoisotopic (exact) mass is 393 g/mol. The van der Waals surface area contributed by atoms with Crippen LogP contribution in [0.2, 0.25) is 4.34 Å². The molecule has 0 aliphatic heterocycles. The van der Waals surface area contributed by atoms with E-state index in [2.05, 4.69) is 10.1 Å². The third kappa shape index (κ3) is 3.48. The van der Waals surface area contributed by atoms with Crippen molar-refractivity contribution in [3.8, 4) is 11.4 Å². The first-order chi connectivity index (χ1) is 12.4. The van der Waals surface area contributed by atoms with Crippen LogP contribution in [0.25, 0.3) is 11.4 Å². The number of benzene rings is 1. The summed E-state index contributed by atoms with van der Waals surface area (Å²) in [6.45, 7) is 0.259. The molecule has 1 aromatic carbocycles. The lowest BCUT2D eigenvalue weighted by molar-refractivity contribution is 0.100. The highest BCUT2D eigenvalue weighted by atomic mass is 35.5. The van der Waals surface area contributed by atoms with Crippen LogP contribution in [0.3, 0.4) is 0 Å². The standard InChI is InChI=1S/C17H17ClFN5OS/c1-24-17(22-8-23-24)13-12(14(16(21)25)26-15(13)18)10(7-20)6-9-2-4-11(19)5-3-9/h2-5,8,10H,6-7,20H2,1H3,(H2,21,25)/t10-/m1/s1. The van der Waals surface area contributed by atoms with Gasteiger partial charge in [-0.1, -0.05) is 23.7 Å². The van der Waals surface area contributed by atoms with E-state index < -0.39 is 5.91 Å². The molecule has 0 aliphatic carbocycles. The van der Waals surface area contributed by atoms with Gasteiger partial charge >= 0.3 is 0 Å². The molecule has 1 atom stereocenters. The second kappa shape index (κ2) is 7.53. The lowest BCUT2D eigenvalue weighted by atomic mass is 9.89. The first kappa shape index (κ1) is 18.5. The molecule has 3 aromatic rings. The van der Waals surface area contributed by atoms with Gasteiger partial charge in [0, 0.05) is 13.0 Å². The molecule has 0 saturated heterocycles. The van der Waals surface area contributed by atoms with Crippen LogP contribution in [0.15, 0.2) is 30.6 Å². The van der Waals surface area contributed by atoms with Crippen LogP contribution in [-0.4, -0.2) is 27.2 Å². The molecule has 0 fully saturated rings. The third-order valence-corrected chi connectivity index (χ3v) is 5.58. The Morgan fingerprint density at radius 3 is 2.62 bits per heavy atom. The molecule has 26 heavy (non-hydrogen) atoms. The van der Waals surface area contributed by atoms with E-state index in [9.17, 15) is 9.18 Å². The summed E-state index contributed by atoms with van der Waals surface area (Å²) < 4.78 is 15.2. The second-order valence-corrected chi connectivity index (χ2v) is 7.45. The lowest BCUT2D eigenvalue weighted by Gasteiger charge is -2.18. The van der Waals surface area contributed by atoms with Gasteiger partial charge in [0.05, 0.1) is 10.4 Å². The molecule has 6 nitrogen and oxygen atoms in total. The summed E-state index contributed by atoms with van der Waals surface area (Å²) in [6.07, 6.45) is 1.92. The second-order valence-electron chi connectivity index (χ2n) is 5.83. The van der Waals surface area contributed by atoms with Gasteiger partial charge in [-0.05, 0) is 36.2 Å². The Labute approximate surface area is 158 Å². The largest absolute Gasteiger partial charge is 0.365 e. The Hall–Kier alpha value is -2.29. The molecule has 0 radical (unpaired) electrons. The number of rotatable bonds is 6. The van der Waals surface area contributed by atoms with Gasteiger partial charge in [0.15, 0.2) is 5.82 Å². The molecule has 0 bridgehead atoms. The maximum absolute atomic E-state index is 13.2. The van der Waals surface area contributed by atoms with Crippen molar-refractivity contribution >= 4 is 28.8 Å². The minimum atomic E-state index is -0.571. The Kier molecular flexibility index (Phi) is 5.36.